The molecular formula is C13H24N4O. The Hall–Kier alpha value is -1.10. The first-order chi connectivity index (χ1) is 8.46. The van der Waals surface area contributed by atoms with Gasteiger partial charge in [-0.2, -0.15) is 0 Å². The minimum atomic E-state index is -0.318. The van der Waals surface area contributed by atoms with Crippen LogP contribution in [-0.2, 0) is 4.79 Å². The van der Waals surface area contributed by atoms with E-state index in [0.717, 1.165) is 26.1 Å². The predicted octanol–water partition coefficient (Wildman–Crippen LogP) is 0.654. The Bertz CT molecular complexity index is 368. The molecule has 2 rings (SSSR count). The number of carbonyl (C=O) groups is 1. The lowest BCUT2D eigenvalue weighted by Crippen LogP contribution is -2.54. The van der Waals surface area contributed by atoms with Gasteiger partial charge in [-0.1, -0.05) is 6.92 Å². The van der Waals surface area contributed by atoms with Gasteiger partial charge < -0.3 is 10.6 Å². The third kappa shape index (κ3) is 2.36. The van der Waals surface area contributed by atoms with Crippen molar-refractivity contribution in [3.05, 3.63) is 0 Å². The Balaban J connectivity index is 2.18. The highest BCUT2D eigenvalue weighted by molar-refractivity contribution is 5.98. The van der Waals surface area contributed by atoms with Gasteiger partial charge in [-0.25, -0.2) is 4.99 Å². The summed E-state index contributed by atoms with van der Waals surface area (Å²) < 4.78 is 0. The van der Waals surface area contributed by atoms with Crippen LogP contribution in [0.25, 0.3) is 0 Å². The van der Waals surface area contributed by atoms with Crippen LogP contribution in [0.4, 0.5) is 0 Å². The lowest BCUT2D eigenvalue weighted by molar-refractivity contribution is -0.129. The van der Waals surface area contributed by atoms with Gasteiger partial charge in [-0.15, -0.1) is 0 Å². The maximum Gasteiger partial charge on any atom is 0.231 e. The van der Waals surface area contributed by atoms with Crippen LogP contribution in [0.1, 0.15) is 33.1 Å². The summed E-state index contributed by atoms with van der Waals surface area (Å²) >= 11 is 0. The molecule has 2 atom stereocenters. The summed E-state index contributed by atoms with van der Waals surface area (Å²) in [5.41, 5.74) is 5.54. The number of nitrogens with zero attached hydrogens (tertiary/aromatic N) is 3. The summed E-state index contributed by atoms with van der Waals surface area (Å²) in [6.45, 7) is 7.52. The van der Waals surface area contributed by atoms with Gasteiger partial charge in [0.2, 0.25) is 5.91 Å². The number of aliphatic imine (C=N–C) groups is 1. The number of likely N-dealkylation sites (tertiary alicyclic amines) is 1. The van der Waals surface area contributed by atoms with Gasteiger partial charge in [-0.3, -0.25) is 9.69 Å². The average Bonchev–Trinajstić information content (AvgIpc) is 2.36. The molecule has 102 valence electrons. The van der Waals surface area contributed by atoms with E-state index in [1.807, 2.05) is 0 Å². The second-order valence-corrected chi connectivity index (χ2v) is 5.69. The molecule has 2 aliphatic heterocycles. The fraction of sp³-hybridized carbons (Fsp3) is 0.846. The van der Waals surface area contributed by atoms with Crippen molar-refractivity contribution in [3.8, 4) is 0 Å². The normalized spacial score (nSPS) is 34.6. The summed E-state index contributed by atoms with van der Waals surface area (Å²) in [6.07, 6.45) is 2.81. The smallest absolute Gasteiger partial charge is 0.231 e. The number of carbonyl (C=O) groups excluding carboxylic acids is 1. The van der Waals surface area contributed by atoms with Crippen molar-refractivity contribution in [1.82, 2.24) is 9.80 Å². The summed E-state index contributed by atoms with van der Waals surface area (Å²) in [5.74, 6) is 0.878. The Morgan fingerprint density at radius 3 is 2.89 bits per heavy atom. The first-order valence-corrected chi connectivity index (χ1v) is 6.80. The quantitative estimate of drug-likeness (QED) is 0.785. The molecule has 5 nitrogen and oxygen atoms in total. The molecule has 1 saturated heterocycles. The summed E-state index contributed by atoms with van der Waals surface area (Å²) in [7, 11) is 1.69. The molecule has 0 radical (unpaired) electrons. The molecule has 0 aromatic heterocycles. The first kappa shape index (κ1) is 13.3. The summed E-state index contributed by atoms with van der Waals surface area (Å²) in [5, 5.41) is 0. The van der Waals surface area contributed by atoms with Crippen molar-refractivity contribution in [3.63, 3.8) is 0 Å². The molecule has 1 fully saturated rings. The Morgan fingerprint density at radius 2 is 2.28 bits per heavy atom. The maximum absolute atomic E-state index is 12.0. The van der Waals surface area contributed by atoms with Crippen molar-refractivity contribution in [1.29, 1.82) is 0 Å². The molecule has 18 heavy (non-hydrogen) atoms. The monoisotopic (exact) mass is 252 g/mol. The van der Waals surface area contributed by atoms with Gasteiger partial charge in [0.25, 0.3) is 0 Å². The highest BCUT2D eigenvalue weighted by atomic mass is 16.2. The molecule has 2 aliphatic rings. The third-order valence-corrected chi connectivity index (χ3v) is 4.43. The maximum atomic E-state index is 12.0. The van der Waals surface area contributed by atoms with Gasteiger partial charge in [-0.05, 0) is 38.8 Å². The zero-order valence-electron chi connectivity index (χ0n) is 11.6. The lowest BCUT2D eigenvalue weighted by atomic mass is 9.77. The highest BCUT2D eigenvalue weighted by Crippen LogP contribution is 2.35. The standard InChI is InChI=1S/C13H24N4O/c1-4-17-7-5-6-10(9-17)13(2)8-11(18)16(3)12(14)15-13/h10H,4-9H2,1-3H3,(H2,14,15)/t10?,13-/m0/s1. The zero-order valence-corrected chi connectivity index (χ0v) is 11.6. The number of guanidine groups is 1. The molecule has 0 saturated carbocycles. The Morgan fingerprint density at radius 1 is 1.56 bits per heavy atom. The van der Waals surface area contributed by atoms with E-state index in [1.165, 1.54) is 11.3 Å². The fourth-order valence-electron chi connectivity index (χ4n) is 3.01. The van der Waals surface area contributed by atoms with Crippen molar-refractivity contribution >= 4 is 11.9 Å². The van der Waals surface area contributed by atoms with Gasteiger partial charge in [0.05, 0.1) is 12.0 Å². The van der Waals surface area contributed by atoms with E-state index >= 15 is 0 Å². The van der Waals surface area contributed by atoms with Crippen LogP contribution in [0, 0.1) is 5.92 Å². The molecule has 1 amide bonds. The summed E-state index contributed by atoms with van der Waals surface area (Å²) in [6, 6.07) is 0. The van der Waals surface area contributed by atoms with Gasteiger partial charge in [0.1, 0.15) is 0 Å². The van der Waals surface area contributed by atoms with Crippen molar-refractivity contribution in [2.45, 2.75) is 38.6 Å². The molecule has 0 aliphatic carbocycles. The van der Waals surface area contributed by atoms with Crippen molar-refractivity contribution in [2.24, 2.45) is 16.6 Å². The van der Waals surface area contributed by atoms with E-state index in [0.29, 0.717) is 18.3 Å². The van der Waals surface area contributed by atoms with E-state index in [4.69, 9.17) is 5.73 Å². The molecular weight excluding hydrogens is 228 g/mol. The topological polar surface area (TPSA) is 61.9 Å². The number of hydrogen-bond acceptors (Lipinski definition) is 4. The molecule has 0 aromatic rings. The molecule has 0 aromatic carbocycles. The highest BCUT2D eigenvalue weighted by Gasteiger charge is 2.42. The number of piperidine rings is 1. The van der Waals surface area contributed by atoms with Crippen LogP contribution in [0.3, 0.4) is 0 Å². The molecule has 2 N–H and O–H groups in total. The molecule has 0 spiro atoms. The molecule has 2 heterocycles. The minimum Gasteiger partial charge on any atom is -0.369 e. The second kappa shape index (κ2) is 4.88. The minimum absolute atomic E-state index is 0.0821. The number of amides is 1. The van der Waals surface area contributed by atoms with Gasteiger partial charge >= 0.3 is 0 Å². The van der Waals surface area contributed by atoms with Crippen molar-refractivity contribution < 1.29 is 4.79 Å². The van der Waals surface area contributed by atoms with Crippen LogP contribution in [-0.4, -0.2) is 53.9 Å². The predicted molar refractivity (Wildman–Crippen MR) is 72.3 cm³/mol. The number of hydrogen-bond donors (Lipinski definition) is 1. The van der Waals surface area contributed by atoms with Crippen molar-refractivity contribution in [2.75, 3.05) is 26.7 Å². The number of nitrogens with two attached hydrogens (primary N) is 1. The van der Waals surface area contributed by atoms with Crippen LogP contribution in [0.15, 0.2) is 4.99 Å². The van der Waals surface area contributed by atoms with Crippen LogP contribution in [0.2, 0.25) is 0 Å². The van der Waals surface area contributed by atoms with Gasteiger partial charge in [0.15, 0.2) is 5.96 Å². The van der Waals surface area contributed by atoms with Crippen LogP contribution < -0.4 is 5.73 Å². The average molecular weight is 252 g/mol. The number of rotatable bonds is 2. The van der Waals surface area contributed by atoms with E-state index in [1.54, 1.807) is 7.05 Å². The fourth-order valence-corrected chi connectivity index (χ4v) is 3.01. The SMILES string of the molecule is CCN1CCCC([C@]2(C)CC(=O)N(C)C(N)=N2)C1. The molecule has 5 heteroatoms. The molecule has 1 unspecified atom stereocenters. The van der Waals surface area contributed by atoms with E-state index < -0.39 is 0 Å². The van der Waals surface area contributed by atoms with Gasteiger partial charge in [0, 0.05) is 13.6 Å². The first-order valence-electron chi connectivity index (χ1n) is 6.80. The van der Waals surface area contributed by atoms with Crippen LogP contribution >= 0.6 is 0 Å². The molecule has 0 bridgehead atoms. The Kier molecular flexibility index (Phi) is 3.61. The van der Waals surface area contributed by atoms with Crippen LogP contribution in [0.5, 0.6) is 0 Å². The summed E-state index contributed by atoms with van der Waals surface area (Å²) in [4.78, 5) is 20.5. The Labute approximate surface area is 109 Å². The third-order valence-electron chi connectivity index (χ3n) is 4.43. The van der Waals surface area contributed by atoms with E-state index in [2.05, 4.69) is 23.7 Å². The van der Waals surface area contributed by atoms with E-state index in [9.17, 15) is 4.79 Å². The second-order valence-electron chi connectivity index (χ2n) is 5.69. The zero-order chi connectivity index (χ0) is 13.3. The lowest BCUT2D eigenvalue weighted by Gasteiger charge is -2.43. The largest absolute Gasteiger partial charge is 0.369 e. The van der Waals surface area contributed by atoms with E-state index in [-0.39, 0.29) is 11.4 Å².